The molecule has 2 aliphatic heterocycles. The number of nitrogens with zero attached hydrogens (tertiary/aromatic N) is 1. The average Bonchev–Trinajstić information content (AvgIpc) is 3.69. The lowest BCUT2D eigenvalue weighted by Crippen LogP contribution is -2.65. The van der Waals surface area contributed by atoms with E-state index in [4.69, 9.17) is 43.7 Å². The molecule has 7 rings (SSSR count). The van der Waals surface area contributed by atoms with E-state index >= 15 is 0 Å². The first-order chi connectivity index (χ1) is 29.8. The van der Waals surface area contributed by atoms with E-state index in [0.29, 0.717) is 40.9 Å². The monoisotopic (exact) mass is 873 g/mol. The number of carboxylic acid groups (broad SMARTS) is 1. The Morgan fingerprint density at radius 2 is 1.73 bits per heavy atom. The number of nitrogens with two attached hydrogens (primary N) is 1. The van der Waals surface area contributed by atoms with E-state index in [1.54, 1.807) is 37.5 Å². The Labute approximate surface area is 358 Å². The first kappa shape index (κ1) is 45.4. The Bertz CT molecular complexity index is 2770. The topological polar surface area (TPSA) is 278 Å². The number of allylic oxidation sites excluding steroid dienone is 2. The fourth-order valence-corrected chi connectivity index (χ4v) is 7.26. The summed E-state index contributed by atoms with van der Waals surface area (Å²) in [5.41, 5.74) is 4.43. The van der Waals surface area contributed by atoms with E-state index in [9.17, 15) is 39.3 Å². The number of aromatic nitrogens is 1. The number of anilines is 1. The predicted octanol–water partition coefficient (Wildman–Crippen LogP) is 5.08. The molecule has 1 saturated heterocycles. The van der Waals surface area contributed by atoms with Crippen LogP contribution in [0, 0.1) is 6.92 Å². The molecular weight excluding hydrogens is 826 g/mol. The van der Waals surface area contributed by atoms with Gasteiger partial charge in [-0.15, -0.1) is 0 Å². The number of aromatic carboxylic acids is 1. The Hall–Kier alpha value is -7.09. The van der Waals surface area contributed by atoms with Gasteiger partial charge in [-0.2, -0.15) is 0 Å². The minimum Gasteiger partial charge on any atom is -0.508 e. The highest BCUT2D eigenvalue weighted by molar-refractivity contribution is 6.06. The van der Waals surface area contributed by atoms with Crippen LogP contribution in [-0.2, 0) is 27.2 Å². The number of aromatic hydroxyl groups is 2. The van der Waals surface area contributed by atoms with Crippen molar-refractivity contribution in [1.29, 1.82) is 0 Å². The summed E-state index contributed by atoms with van der Waals surface area (Å²) in [4.78, 5) is 60.7. The van der Waals surface area contributed by atoms with Crippen molar-refractivity contribution in [1.82, 2.24) is 4.57 Å². The van der Waals surface area contributed by atoms with Gasteiger partial charge in [-0.1, -0.05) is 11.6 Å². The van der Waals surface area contributed by atoms with Gasteiger partial charge in [-0.05, 0) is 89.9 Å². The molecule has 4 atom stereocenters. The van der Waals surface area contributed by atoms with Crippen LogP contribution in [0.4, 0.5) is 10.5 Å². The molecule has 0 unspecified atom stereocenters. The molecule has 4 heterocycles. The van der Waals surface area contributed by atoms with Crippen molar-refractivity contribution in [3.05, 3.63) is 103 Å². The maximum absolute atomic E-state index is 13.0. The second-order valence-corrected chi connectivity index (χ2v) is 15.4. The Morgan fingerprint density at radius 1 is 1.03 bits per heavy atom. The number of aliphatic hydroxyl groups is 1. The number of phenols is 1. The largest absolute Gasteiger partial charge is 0.508 e. The molecular formula is C44H47N3O16. The van der Waals surface area contributed by atoms with Crippen molar-refractivity contribution in [3.8, 4) is 28.7 Å². The van der Waals surface area contributed by atoms with Gasteiger partial charge in [0.2, 0.25) is 18.5 Å². The van der Waals surface area contributed by atoms with Gasteiger partial charge in [0.05, 0.1) is 21.9 Å². The zero-order valence-corrected chi connectivity index (χ0v) is 35.3. The molecule has 19 heteroatoms. The smallest absolute Gasteiger partial charge is 0.404 e. The highest BCUT2D eigenvalue weighted by atomic mass is 16.7. The number of carbonyl (C=O) groups excluding carboxylic acids is 2. The number of hydrogen-bond acceptors (Lipinski definition) is 15. The number of aryl methyl sites for hydroxylation is 2. The molecule has 0 spiro atoms. The van der Waals surface area contributed by atoms with Crippen LogP contribution in [0.2, 0.25) is 0 Å². The molecule has 0 bridgehead atoms. The van der Waals surface area contributed by atoms with E-state index < -0.39 is 70.7 Å². The van der Waals surface area contributed by atoms with Crippen LogP contribution < -0.4 is 36.3 Å². The number of carboxylic acids is 1. The van der Waals surface area contributed by atoms with Gasteiger partial charge in [0, 0.05) is 37.0 Å². The Morgan fingerprint density at radius 3 is 2.37 bits per heavy atom. The molecule has 334 valence electrons. The lowest BCUT2D eigenvalue weighted by Gasteiger charge is -2.47. The van der Waals surface area contributed by atoms with Crippen LogP contribution in [0.5, 0.6) is 28.7 Å². The second-order valence-electron chi connectivity index (χ2n) is 15.4. The number of rotatable bonds is 10. The van der Waals surface area contributed by atoms with Gasteiger partial charge in [0.1, 0.15) is 28.7 Å². The predicted molar refractivity (Wildman–Crippen MR) is 226 cm³/mol. The number of hydrogen-bond donors (Lipinski definition) is 6. The van der Waals surface area contributed by atoms with Crippen LogP contribution in [-0.4, -0.2) is 87.1 Å². The summed E-state index contributed by atoms with van der Waals surface area (Å²) in [6, 6.07) is 10.4. The molecule has 0 aliphatic carbocycles. The molecule has 7 N–H and O–H groups in total. The van der Waals surface area contributed by atoms with Crippen LogP contribution in [0.3, 0.4) is 0 Å². The average molecular weight is 874 g/mol. The minimum absolute atomic E-state index is 0.0183. The number of amides is 2. The first-order valence-corrected chi connectivity index (χ1v) is 19.5. The SMILES string of the molecule is CCn1cc(C(=O)O)c(=O)c2cc3c(cc21)OCO3.CO[C@@H]1[C@@H](OC(N)=O)[C@@H](O)[C@H](Oc2ccc3c(O)c(NC(=O)c4ccc(O)c(CC=C(C)C)c4)c(=O)oc3c2C)OC1(C)C. The summed E-state index contributed by atoms with van der Waals surface area (Å²) in [6.45, 7) is 11.2. The molecule has 0 saturated carbocycles. The first-order valence-electron chi connectivity index (χ1n) is 19.5. The number of primary amides is 1. The van der Waals surface area contributed by atoms with Crippen molar-refractivity contribution in [2.75, 3.05) is 19.2 Å². The van der Waals surface area contributed by atoms with Crippen LogP contribution in [0.25, 0.3) is 21.9 Å². The summed E-state index contributed by atoms with van der Waals surface area (Å²) in [5.74, 6) is -1.28. The standard InChI is InChI=1S/C31H36N2O11.C13H11NO5/c1-14(2)7-8-16-13-17(9-11-19(16)34)27(37)33-21-22(35)18-10-12-20(15(3)24(18)42-28(21)38)41-29-23(36)25(43-30(32)39)26(40-6)31(4,5)44-29;1-2-14-5-8(13(16)17)12(15)7-3-10-11(4-9(7)14)19-6-18-10/h7,9-13,23,25-26,29,34-36H,8H2,1-6H3,(H2,32,39)(H,33,37);3-5H,2,6H2,1H3,(H,16,17)/t23-,25+,26-,29-;/m1./s1. The van der Waals surface area contributed by atoms with Crippen molar-refractivity contribution < 1.29 is 67.6 Å². The normalized spacial score (nSPS) is 18.5. The number of methoxy groups -OCH3 is 1. The lowest BCUT2D eigenvalue weighted by atomic mass is 9.89. The van der Waals surface area contributed by atoms with Gasteiger partial charge in [0.25, 0.3) is 5.91 Å². The van der Waals surface area contributed by atoms with E-state index in [2.05, 4.69) is 5.32 Å². The summed E-state index contributed by atoms with van der Waals surface area (Å²) in [7, 11) is 1.37. The Kier molecular flexibility index (Phi) is 13.1. The summed E-state index contributed by atoms with van der Waals surface area (Å²) < 4.78 is 40.1. The van der Waals surface area contributed by atoms with Gasteiger partial charge in [0.15, 0.2) is 35.1 Å². The number of ether oxygens (including phenoxy) is 6. The summed E-state index contributed by atoms with van der Waals surface area (Å²) in [6.07, 6.45) is -2.45. The van der Waals surface area contributed by atoms with Crippen LogP contribution in [0.1, 0.15) is 66.5 Å². The van der Waals surface area contributed by atoms with Gasteiger partial charge in [-0.3, -0.25) is 9.59 Å². The second kappa shape index (κ2) is 18.1. The van der Waals surface area contributed by atoms with Crippen LogP contribution >= 0.6 is 0 Å². The van der Waals surface area contributed by atoms with Crippen molar-refractivity contribution in [2.45, 2.75) is 84.7 Å². The minimum atomic E-state index is -1.52. The molecule has 63 heavy (non-hydrogen) atoms. The highest BCUT2D eigenvalue weighted by Gasteiger charge is 2.53. The zero-order valence-electron chi connectivity index (χ0n) is 35.3. The summed E-state index contributed by atoms with van der Waals surface area (Å²) >= 11 is 0. The van der Waals surface area contributed by atoms with Crippen LogP contribution in [0.15, 0.2) is 74.3 Å². The molecule has 2 aromatic heterocycles. The number of carbonyl (C=O) groups is 3. The molecule has 1 fully saturated rings. The van der Waals surface area contributed by atoms with Gasteiger partial charge in [-0.25, -0.2) is 14.4 Å². The third kappa shape index (κ3) is 9.25. The number of fused-ring (bicyclic) bond motifs is 3. The molecule has 19 nitrogen and oxygen atoms in total. The Balaban J connectivity index is 0.000000287. The lowest BCUT2D eigenvalue weighted by molar-refractivity contribution is -0.304. The number of nitrogens with one attached hydrogen (secondary N) is 1. The van der Waals surface area contributed by atoms with Gasteiger partial charge < -0.3 is 68.9 Å². The zero-order chi connectivity index (χ0) is 46.1. The van der Waals surface area contributed by atoms with Gasteiger partial charge >= 0.3 is 17.7 Å². The maximum atomic E-state index is 13.0. The molecule has 2 aliphatic rings. The van der Waals surface area contributed by atoms with E-state index in [-0.39, 0.29) is 46.0 Å². The van der Waals surface area contributed by atoms with Crippen molar-refractivity contribution >= 4 is 45.5 Å². The number of benzene rings is 3. The van der Waals surface area contributed by atoms with E-state index in [1.165, 1.54) is 43.6 Å². The van der Waals surface area contributed by atoms with Crippen molar-refractivity contribution in [2.24, 2.45) is 5.73 Å². The fraction of sp³-hybridized carbons (Fsp3) is 0.341. The molecule has 0 radical (unpaired) electrons. The number of phenolic OH excluding ortho intramolecular Hbond substituents is 1. The molecule has 3 aromatic carbocycles. The highest BCUT2D eigenvalue weighted by Crippen LogP contribution is 2.39. The number of aliphatic hydroxyl groups excluding tert-OH is 1. The third-order valence-corrected chi connectivity index (χ3v) is 10.5. The maximum Gasteiger partial charge on any atom is 0.404 e. The third-order valence-electron chi connectivity index (χ3n) is 10.5. The summed E-state index contributed by atoms with van der Waals surface area (Å²) in [5, 5.41) is 44.0. The van der Waals surface area contributed by atoms with E-state index in [1.807, 2.05) is 26.8 Å². The quantitative estimate of drug-likeness (QED) is 0.0789. The molecule has 5 aromatic rings. The van der Waals surface area contributed by atoms with E-state index in [0.717, 1.165) is 5.57 Å². The number of pyridine rings is 1. The fourth-order valence-electron chi connectivity index (χ4n) is 7.26. The molecule has 2 amide bonds. The van der Waals surface area contributed by atoms with Crippen molar-refractivity contribution in [3.63, 3.8) is 0 Å².